The second-order valence-electron chi connectivity index (χ2n) is 8.99. The molecule has 0 unspecified atom stereocenters. The molecule has 40 heavy (non-hydrogen) atoms. The van der Waals surface area contributed by atoms with Crippen LogP contribution in [0, 0.1) is 6.92 Å². The summed E-state index contributed by atoms with van der Waals surface area (Å²) >= 11 is 8.22. The van der Waals surface area contributed by atoms with Crippen LogP contribution in [0.15, 0.2) is 69.2 Å². The molecule has 3 aromatic rings. The van der Waals surface area contributed by atoms with Gasteiger partial charge in [0.25, 0.3) is 5.56 Å². The van der Waals surface area contributed by atoms with Gasteiger partial charge in [-0.1, -0.05) is 23.8 Å². The normalized spacial score (nSPS) is 13.8. The average molecular weight is 601 g/mol. The van der Waals surface area contributed by atoms with E-state index in [0.29, 0.717) is 28.1 Å². The number of urea groups is 1. The lowest BCUT2D eigenvalue weighted by Gasteiger charge is -2.16. The molecular weight excluding hydrogens is 564 g/mol. The van der Waals surface area contributed by atoms with Gasteiger partial charge < -0.3 is 15.5 Å². The molecule has 214 valence electrons. The van der Waals surface area contributed by atoms with Crippen molar-refractivity contribution in [2.24, 2.45) is 0 Å². The van der Waals surface area contributed by atoms with Crippen LogP contribution in [-0.4, -0.2) is 52.9 Å². The van der Waals surface area contributed by atoms with Gasteiger partial charge in [-0.15, -0.1) is 11.8 Å². The van der Waals surface area contributed by atoms with E-state index >= 15 is 0 Å². The zero-order chi connectivity index (χ0) is 28.9. The van der Waals surface area contributed by atoms with E-state index in [0.717, 1.165) is 23.1 Å². The minimum atomic E-state index is -0.318. The van der Waals surface area contributed by atoms with E-state index < -0.39 is 0 Å². The summed E-state index contributed by atoms with van der Waals surface area (Å²) in [5.74, 6) is 0.605. The highest BCUT2D eigenvalue weighted by Crippen LogP contribution is 2.19. The largest absolute Gasteiger partial charge is 0.384 e. The fourth-order valence-corrected chi connectivity index (χ4v) is 4.80. The second kappa shape index (κ2) is 16.4. The maximum absolute atomic E-state index is 13.3. The lowest BCUT2D eigenvalue weighted by molar-refractivity contribution is 0.257. The molecule has 1 saturated heterocycles. The molecule has 8 nitrogen and oxygen atoms in total. The number of carbonyl (C=O) groups excluding carboxylic acids is 1. The van der Waals surface area contributed by atoms with Crippen molar-refractivity contribution in [3.8, 4) is 5.69 Å². The zero-order valence-electron chi connectivity index (χ0n) is 23.4. The quantitative estimate of drug-likeness (QED) is 0.229. The van der Waals surface area contributed by atoms with Crippen LogP contribution in [0.4, 0.5) is 16.2 Å². The molecule has 1 aromatic heterocycles. The first-order valence-electron chi connectivity index (χ1n) is 13.2. The number of likely N-dealkylation sites (tertiary alicyclic amines) is 1. The van der Waals surface area contributed by atoms with Crippen molar-refractivity contribution < 1.29 is 4.79 Å². The predicted octanol–water partition coefficient (Wildman–Crippen LogP) is 6.95. The minimum Gasteiger partial charge on any atom is -0.384 e. The first kappa shape index (κ1) is 31.6. The lowest BCUT2D eigenvalue weighted by atomic mass is 10.2. The zero-order valence-corrected chi connectivity index (χ0v) is 25.8. The first-order valence-corrected chi connectivity index (χ1v) is 15.6. The molecule has 0 spiro atoms. The fourth-order valence-electron chi connectivity index (χ4n) is 4.20. The van der Waals surface area contributed by atoms with Crippen molar-refractivity contribution in [3.05, 3.63) is 80.6 Å². The molecule has 3 N–H and O–H groups in total. The number of hydrogen-bond acceptors (Lipinski definition) is 7. The predicted molar refractivity (Wildman–Crippen MR) is 174 cm³/mol. The number of aromatic nitrogens is 2. The highest BCUT2D eigenvalue weighted by molar-refractivity contribution is 8.03. The first-order chi connectivity index (χ1) is 19.4. The molecule has 0 saturated carbocycles. The van der Waals surface area contributed by atoms with E-state index in [1.165, 1.54) is 37.9 Å². The summed E-state index contributed by atoms with van der Waals surface area (Å²) in [6.07, 6.45) is 8.23. The maximum atomic E-state index is 13.3. The number of aryl methyl sites for hydroxylation is 1. The molecule has 0 atom stereocenters. The Morgan fingerprint density at radius 2 is 1.80 bits per heavy atom. The van der Waals surface area contributed by atoms with Crippen LogP contribution >= 0.6 is 35.3 Å². The second-order valence-corrected chi connectivity index (χ2v) is 11.2. The van der Waals surface area contributed by atoms with Crippen molar-refractivity contribution in [2.45, 2.75) is 33.6 Å². The Hall–Kier alpha value is -2.92. The average Bonchev–Trinajstić information content (AvgIpc) is 3.47. The van der Waals surface area contributed by atoms with E-state index in [2.05, 4.69) is 20.3 Å². The Labute approximate surface area is 249 Å². The van der Waals surface area contributed by atoms with Gasteiger partial charge in [-0.05, 0) is 113 Å². The summed E-state index contributed by atoms with van der Waals surface area (Å²) in [6, 6.07) is 12.5. The summed E-state index contributed by atoms with van der Waals surface area (Å²) in [5.41, 5.74) is 2.85. The van der Waals surface area contributed by atoms with E-state index in [1.807, 2.05) is 57.4 Å². The number of halogens is 1. The molecule has 4 rings (SSSR count). The summed E-state index contributed by atoms with van der Waals surface area (Å²) in [6.45, 7) is 9.87. The number of carbonyl (C=O) groups is 1. The van der Waals surface area contributed by atoms with Gasteiger partial charge in [0.15, 0.2) is 0 Å². The Bertz CT molecular complexity index is 1390. The standard InChI is InChI=1S/C25H30N6O2S.C4H7ClS/c1-3-16-34-29-25(33)28-19-6-9-21(10-7-19)31-18(2)27-23-17-20(8-11-22(23)24(31)32)26-12-15-30-13-4-5-14-30;1-3-4(5)6-2/h3,6-11,16-17,26H,4-5,12-15H2,1-2H3,(H2,28,29,33);3H,1-2H3/b16-3+;4-3-. The topological polar surface area (TPSA) is 91.3 Å². The number of hydrogen-bond donors (Lipinski definition) is 3. The number of thioether (sulfide) groups is 1. The Morgan fingerprint density at radius 1 is 1.10 bits per heavy atom. The number of rotatable bonds is 9. The third-order valence-electron chi connectivity index (χ3n) is 6.15. The van der Waals surface area contributed by atoms with Crippen LogP contribution < -0.4 is 20.9 Å². The minimum absolute atomic E-state index is 0.118. The summed E-state index contributed by atoms with van der Waals surface area (Å²) < 4.78 is 5.10. The maximum Gasteiger partial charge on any atom is 0.329 e. The number of benzene rings is 2. The van der Waals surface area contributed by atoms with Crippen LogP contribution in [0.25, 0.3) is 16.6 Å². The fraction of sp³-hybridized carbons (Fsp3) is 0.345. The molecular formula is C29H37ClN6O2S2. The molecule has 11 heteroatoms. The number of anilines is 2. The summed E-state index contributed by atoms with van der Waals surface area (Å²) in [7, 11) is 0. The molecule has 0 radical (unpaired) electrons. The SMILES string of the molecule is C/C=C(/Cl)SC.C/C=C/SNC(=O)Nc1ccc(-n2c(C)nc3cc(NCCN4CCCC4)ccc3c2=O)cc1. The number of nitrogens with one attached hydrogen (secondary N) is 3. The van der Waals surface area contributed by atoms with Crippen molar-refractivity contribution in [2.75, 3.05) is 43.1 Å². The van der Waals surface area contributed by atoms with Crippen molar-refractivity contribution in [1.29, 1.82) is 0 Å². The van der Waals surface area contributed by atoms with Gasteiger partial charge in [-0.2, -0.15) is 0 Å². The Morgan fingerprint density at radius 3 is 2.42 bits per heavy atom. The number of fused-ring (bicyclic) bond motifs is 1. The molecule has 0 bridgehead atoms. The van der Waals surface area contributed by atoms with Gasteiger partial charge in [0.2, 0.25) is 0 Å². The summed E-state index contributed by atoms with van der Waals surface area (Å²) in [5, 5.41) is 8.56. The number of amides is 2. The van der Waals surface area contributed by atoms with Gasteiger partial charge in [-0.3, -0.25) is 14.1 Å². The van der Waals surface area contributed by atoms with Crippen LogP contribution in [-0.2, 0) is 0 Å². The van der Waals surface area contributed by atoms with Crippen LogP contribution in [0.5, 0.6) is 0 Å². The Balaban J connectivity index is 0.000000663. The van der Waals surface area contributed by atoms with E-state index in [1.54, 1.807) is 46.0 Å². The third kappa shape index (κ3) is 9.33. The van der Waals surface area contributed by atoms with Crippen LogP contribution in [0.1, 0.15) is 32.5 Å². The molecule has 2 aromatic carbocycles. The molecule has 2 amide bonds. The summed E-state index contributed by atoms with van der Waals surface area (Å²) in [4.78, 5) is 32.3. The van der Waals surface area contributed by atoms with Gasteiger partial charge >= 0.3 is 6.03 Å². The monoisotopic (exact) mass is 600 g/mol. The highest BCUT2D eigenvalue weighted by atomic mass is 35.5. The number of nitrogens with zero attached hydrogens (tertiary/aromatic N) is 3. The van der Waals surface area contributed by atoms with Gasteiger partial charge in [-0.25, -0.2) is 9.78 Å². The molecule has 1 aliphatic rings. The Kier molecular flexibility index (Phi) is 12.9. The number of allylic oxidation sites excluding steroid dienone is 2. The van der Waals surface area contributed by atoms with Crippen molar-refractivity contribution in [1.82, 2.24) is 19.2 Å². The molecule has 1 aliphatic heterocycles. The van der Waals surface area contributed by atoms with E-state index in [4.69, 9.17) is 16.6 Å². The van der Waals surface area contributed by atoms with E-state index in [9.17, 15) is 9.59 Å². The molecule has 1 fully saturated rings. The molecule has 0 aliphatic carbocycles. The molecule has 2 heterocycles. The van der Waals surface area contributed by atoms with Gasteiger partial charge in [0, 0.05) is 24.5 Å². The highest BCUT2D eigenvalue weighted by Gasteiger charge is 2.12. The van der Waals surface area contributed by atoms with Gasteiger partial charge in [0.05, 0.1) is 21.0 Å². The van der Waals surface area contributed by atoms with Crippen molar-refractivity contribution in [3.63, 3.8) is 0 Å². The van der Waals surface area contributed by atoms with Gasteiger partial charge in [0.1, 0.15) is 5.82 Å². The van der Waals surface area contributed by atoms with Crippen molar-refractivity contribution >= 4 is 63.6 Å². The lowest BCUT2D eigenvalue weighted by Crippen LogP contribution is -2.26. The van der Waals surface area contributed by atoms with Crippen LogP contribution in [0.3, 0.4) is 0 Å². The smallest absolute Gasteiger partial charge is 0.329 e. The van der Waals surface area contributed by atoms with Crippen LogP contribution in [0.2, 0.25) is 0 Å². The third-order valence-corrected chi connectivity index (χ3v) is 8.17. The van der Waals surface area contributed by atoms with E-state index in [-0.39, 0.29) is 11.6 Å².